The van der Waals surface area contributed by atoms with Crippen LogP contribution in [-0.2, 0) is 33.0 Å². The number of ether oxygens (including phenoxy) is 4. The van der Waals surface area contributed by atoms with Gasteiger partial charge in [0, 0.05) is 37.0 Å². The summed E-state index contributed by atoms with van der Waals surface area (Å²) in [5, 5.41) is 13.5. The van der Waals surface area contributed by atoms with E-state index in [-0.39, 0.29) is 24.9 Å². The molecule has 10 heteroatoms. The third-order valence-electron chi connectivity index (χ3n) is 11.7. The van der Waals surface area contributed by atoms with Gasteiger partial charge in [-0.15, -0.1) is 0 Å². The molecule has 4 aliphatic rings. The Morgan fingerprint density at radius 2 is 1.59 bits per heavy atom. The van der Waals surface area contributed by atoms with Gasteiger partial charge in [0.1, 0.15) is 23.9 Å². The standard InChI is InChI=1S/C36H52O9Si/c1-20-17-27-35(19-41-27,44-24(5)38)29-31(43-32(39)25-15-13-12-14-16-25)36(40)18-26(45-46(9,10)11)21(2)28(33(36,6)7)22(3)30(34(20,29)8)42-23(4)37/h12-16,20,22,26-27,29-31,40H,17-19H2,1-11H3/t20-,22+,26-,27+,29?,30+,31?,34+,35-,36+/m0/s1. The molecule has 0 amide bonds. The Hall–Kier alpha value is -2.53. The molecule has 46 heavy (non-hydrogen) atoms. The van der Waals surface area contributed by atoms with E-state index in [0.717, 1.165) is 11.1 Å². The lowest BCUT2D eigenvalue weighted by Gasteiger charge is -2.70. The molecule has 1 aliphatic heterocycles. The average molecular weight is 657 g/mol. The summed E-state index contributed by atoms with van der Waals surface area (Å²) in [5.74, 6) is -2.83. The molecule has 3 aliphatic carbocycles. The van der Waals surface area contributed by atoms with E-state index in [1.807, 2.05) is 26.8 Å². The summed E-state index contributed by atoms with van der Waals surface area (Å²) in [4.78, 5) is 40.0. The minimum absolute atomic E-state index is 0.0673. The lowest BCUT2D eigenvalue weighted by Crippen LogP contribution is -2.81. The van der Waals surface area contributed by atoms with Gasteiger partial charge in [-0.3, -0.25) is 9.59 Å². The van der Waals surface area contributed by atoms with E-state index in [4.69, 9.17) is 23.4 Å². The van der Waals surface area contributed by atoms with Crippen LogP contribution in [0.5, 0.6) is 0 Å². The van der Waals surface area contributed by atoms with Gasteiger partial charge in [-0.05, 0) is 56.6 Å². The summed E-state index contributed by atoms with van der Waals surface area (Å²) in [6.07, 6.45) is -2.17. The molecule has 2 saturated carbocycles. The largest absolute Gasteiger partial charge is 0.461 e. The molecule has 254 valence electrons. The summed E-state index contributed by atoms with van der Waals surface area (Å²) in [5.41, 5.74) is -2.55. The van der Waals surface area contributed by atoms with Gasteiger partial charge in [0.25, 0.3) is 0 Å². The summed E-state index contributed by atoms with van der Waals surface area (Å²) in [6.45, 7) is 21.3. The fourth-order valence-corrected chi connectivity index (χ4v) is 10.8. The SMILES string of the molecule is CC(=O)O[C@@H]1[C@H](C)C2=C(C)[C@@H](O[Si](C)(C)C)C[C@@](O)(C(OC(=O)c3ccccc3)C3[C@@]1(C)[C@@H](C)C[C@H]1OC[C@@]31OC(C)=O)C2(C)C. The maximum Gasteiger partial charge on any atom is 0.338 e. The van der Waals surface area contributed by atoms with Crippen molar-refractivity contribution in [2.24, 2.45) is 28.6 Å². The fraction of sp³-hybridized carbons (Fsp3) is 0.694. The van der Waals surface area contributed by atoms with Crippen molar-refractivity contribution in [1.82, 2.24) is 0 Å². The van der Waals surface area contributed by atoms with Gasteiger partial charge in [-0.1, -0.05) is 58.4 Å². The van der Waals surface area contributed by atoms with Gasteiger partial charge >= 0.3 is 17.9 Å². The predicted molar refractivity (Wildman–Crippen MR) is 174 cm³/mol. The molecule has 2 unspecified atom stereocenters. The third kappa shape index (κ3) is 5.27. The highest BCUT2D eigenvalue weighted by Crippen LogP contribution is 2.67. The van der Waals surface area contributed by atoms with E-state index in [2.05, 4.69) is 40.4 Å². The monoisotopic (exact) mass is 656 g/mol. The van der Waals surface area contributed by atoms with Gasteiger partial charge in [-0.25, -0.2) is 4.79 Å². The molecule has 9 nitrogen and oxygen atoms in total. The second-order valence-electron chi connectivity index (χ2n) is 15.9. The zero-order valence-electron chi connectivity index (χ0n) is 29.3. The van der Waals surface area contributed by atoms with Crippen molar-refractivity contribution in [3.05, 3.63) is 47.0 Å². The highest BCUT2D eigenvalue weighted by atomic mass is 28.4. The number of aliphatic hydroxyl groups is 1. The smallest absolute Gasteiger partial charge is 0.338 e. The number of hydrogen-bond donors (Lipinski definition) is 1. The summed E-state index contributed by atoms with van der Waals surface area (Å²) >= 11 is 0. The quantitative estimate of drug-likeness (QED) is 0.174. The van der Waals surface area contributed by atoms with E-state index in [0.29, 0.717) is 12.0 Å². The molecule has 3 fully saturated rings. The molecule has 1 heterocycles. The fourth-order valence-electron chi connectivity index (χ4n) is 9.64. The summed E-state index contributed by atoms with van der Waals surface area (Å²) in [7, 11) is -2.15. The van der Waals surface area contributed by atoms with Crippen molar-refractivity contribution in [3.63, 3.8) is 0 Å². The highest BCUT2D eigenvalue weighted by Gasteiger charge is 2.77. The van der Waals surface area contributed by atoms with Crippen LogP contribution in [0.1, 0.15) is 78.6 Å². The van der Waals surface area contributed by atoms with Gasteiger partial charge in [0.05, 0.1) is 24.2 Å². The maximum atomic E-state index is 14.1. The lowest BCUT2D eigenvalue weighted by molar-refractivity contribution is -0.357. The zero-order valence-corrected chi connectivity index (χ0v) is 30.3. The van der Waals surface area contributed by atoms with E-state index in [9.17, 15) is 19.5 Å². The molecule has 0 aromatic heterocycles. The Morgan fingerprint density at radius 3 is 2.11 bits per heavy atom. The van der Waals surface area contributed by atoms with Crippen LogP contribution in [0.25, 0.3) is 0 Å². The molecule has 5 rings (SSSR count). The van der Waals surface area contributed by atoms with Crippen LogP contribution in [0.15, 0.2) is 41.5 Å². The van der Waals surface area contributed by atoms with E-state index in [1.54, 1.807) is 24.3 Å². The van der Waals surface area contributed by atoms with Gasteiger partial charge in [0.15, 0.2) is 13.9 Å². The number of hydrogen-bond acceptors (Lipinski definition) is 9. The van der Waals surface area contributed by atoms with Crippen LogP contribution >= 0.6 is 0 Å². The molecule has 2 bridgehead atoms. The first-order chi connectivity index (χ1) is 21.2. The molecule has 10 atom stereocenters. The van der Waals surface area contributed by atoms with Crippen molar-refractivity contribution in [3.8, 4) is 0 Å². The minimum atomic E-state index is -2.15. The van der Waals surface area contributed by atoms with Crippen molar-refractivity contribution in [1.29, 1.82) is 0 Å². The molecule has 0 spiro atoms. The minimum Gasteiger partial charge on any atom is -0.461 e. The Labute approximate surface area is 274 Å². The predicted octanol–water partition coefficient (Wildman–Crippen LogP) is 5.85. The van der Waals surface area contributed by atoms with Gasteiger partial charge in [-0.2, -0.15) is 0 Å². The Balaban J connectivity index is 1.86. The summed E-state index contributed by atoms with van der Waals surface area (Å²) in [6, 6.07) is 8.70. The van der Waals surface area contributed by atoms with Crippen LogP contribution < -0.4 is 0 Å². The lowest BCUT2D eigenvalue weighted by atomic mass is 9.42. The number of rotatable bonds is 6. The van der Waals surface area contributed by atoms with Crippen molar-refractivity contribution >= 4 is 26.2 Å². The first kappa shape index (κ1) is 34.8. The Kier molecular flexibility index (Phi) is 8.75. The van der Waals surface area contributed by atoms with E-state index in [1.165, 1.54) is 13.8 Å². The summed E-state index contributed by atoms with van der Waals surface area (Å²) < 4.78 is 32.2. The Bertz CT molecular complexity index is 1420. The Morgan fingerprint density at radius 1 is 0.957 bits per heavy atom. The van der Waals surface area contributed by atoms with Crippen molar-refractivity contribution < 1.29 is 42.9 Å². The van der Waals surface area contributed by atoms with E-state index < -0.39 is 78.6 Å². The molecule has 1 saturated heterocycles. The molecular formula is C36H52O9Si. The molecule has 1 aromatic carbocycles. The third-order valence-corrected chi connectivity index (χ3v) is 12.7. The normalized spacial score (nSPS) is 39.9. The van der Waals surface area contributed by atoms with E-state index >= 15 is 0 Å². The molecule has 1 aromatic rings. The van der Waals surface area contributed by atoms with Crippen LogP contribution in [0.3, 0.4) is 0 Å². The van der Waals surface area contributed by atoms with Crippen LogP contribution in [-0.4, -0.2) is 73.6 Å². The van der Waals surface area contributed by atoms with Crippen LogP contribution in [0.4, 0.5) is 0 Å². The van der Waals surface area contributed by atoms with Crippen molar-refractivity contribution in [2.75, 3.05) is 6.61 Å². The second-order valence-corrected chi connectivity index (χ2v) is 20.4. The molecule has 0 radical (unpaired) electrons. The van der Waals surface area contributed by atoms with Crippen molar-refractivity contribution in [2.45, 2.75) is 123 Å². The molecular weight excluding hydrogens is 604 g/mol. The topological polar surface area (TPSA) is 118 Å². The van der Waals surface area contributed by atoms with Gasteiger partial charge < -0.3 is 28.5 Å². The van der Waals surface area contributed by atoms with Crippen LogP contribution in [0.2, 0.25) is 19.6 Å². The first-order valence-corrected chi connectivity index (χ1v) is 20.0. The zero-order chi connectivity index (χ0) is 34.2. The number of benzene rings is 1. The number of carbonyl (C=O) groups is 3. The van der Waals surface area contributed by atoms with Gasteiger partial charge in [0.2, 0.25) is 0 Å². The van der Waals surface area contributed by atoms with Crippen LogP contribution in [0, 0.1) is 28.6 Å². The maximum absolute atomic E-state index is 14.1. The first-order valence-electron chi connectivity index (χ1n) is 16.6. The number of carbonyl (C=O) groups excluding carboxylic acids is 3. The number of esters is 3. The second kappa shape index (κ2) is 11.6. The molecule has 1 N–H and O–H groups in total. The number of fused-ring (bicyclic) bond motifs is 5. The average Bonchev–Trinajstić information content (AvgIpc) is 2.93. The highest BCUT2D eigenvalue weighted by molar-refractivity contribution is 6.69.